The number of Topliss-reactive ketones (excluding diaryl/α,β-unsaturated/α-hetero) is 1. The average molecular weight is 622 g/mol. The summed E-state index contributed by atoms with van der Waals surface area (Å²) in [6, 6.07) is 13.9. The summed E-state index contributed by atoms with van der Waals surface area (Å²) in [6.07, 6.45) is 2.56. The highest BCUT2D eigenvalue weighted by Crippen LogP contribution is 2.33. The molecule has 1 aromatic heterocycles. The number of nitrogens with zero attached hydrogens (tertiary/aromatic N) is 2. The predicted octanol–water partition coefficient (Wildman–Crippen LogP) is 4.99. The fraction of sp³-hybridized carbons (Fsp3) is 0.250. The number of ketones is 1. The quantitative estimate of drug-likeness (QED) is 0.260. The van der Waals surface area contributed by atoms with Crippen LogP contribution in [0.2, 0.25) is 0 Å². The van der Waals surface area contributed by atoms with Crippen LogP contribution in [-0.4, -0.2) is 55.7 Å². The van der Waals surface area contributed by atoms with E-state index >= 15 is 0 Å². The van der Waals surface area contributed by atoms with Gasteiger partial charge in [0.15, 0.2) is 27.2 Å². The molecule has 3 aromatic carbocycles. The topological polar surface area (TPSA) is 123 Å². The number of rotatable bonds is 9. The highest BCUT2D eigenvalue weighted by atomic mass is 32.2. The van der Waals surface area contributed by atoms with Gasteiger partial charge in [-0.2, -0.15) is 5.10 Å². The normalized spacial score (nSPS) is 16.4. The molecule has 0 spiro atoms. The molecule has 0 bridgehead atoms. The van der Waals surface area contributed by atoms with Gasteiger partial charge in [-0.3, -0.25) is 4.79 Å². The van der Waals surface area contributed by atoms with Gasteiger partial charge in [0.1, 0.15) is 17.4 Å². The molecule has 44 heavy (non-hydrogen) atoms. The van der Waals surface area contributed by atoms with Crippen molar-refractivity contribution in [1.29, 1.82) is 0 Å². The number of fused-ring (bicyclic) bond motifs is 1. The highest BCUT2D eigenvalue weighted by Gasteiger charge is 2.28. The summed E-state index contributed by atoms with van der Waals surface area (Å²) in [6.45, 7) is 2.72. The summed E-state index contributed by atoms with van der Waals surface area (Å²) in [7, 11) is -3.68. The second-order valence-electron chi connectivity index (χ2n) is 10.8. The Bertz CT molecular complexity index is 1900. The molecule has 1 aliphatic carbocycles. The first-order chi connectivity index (χ1) is 21.1. The van der Waals surface area contributed by atoms with Gasteiger partial charge in [0, 0.05) is 17.6 Å². The molecular weight excluding hydrogens is 592 g/mol. The average Bonchev–Trinajstić information content (AvgIpc) is 3.57. The van der Waals surface area contributed by atoms with Crippen LogP contribution in [0.4, 0.5) is 14.6 Å². The van der Waals surface area contributed by atoms with Gasteiger partial charge in [0.05, 0.1) is 54.9 Å². The lowest BCUT2D eigenvalue weighted by Crippen LogP contribution is -2.35. The van der Waals surface area contributed by atoms with Crippen LogP contribution in [0, 0.1) is 18.6 Å². The van der Waals surface area contributed by atoms with Crippen LogP contribution in [0.1, 0.15) is 32.6 Å². The zero-order chi connectivity index (χ0) is 31.0. The predicted molar refractivity (Wildman–Crippen MR) is 160 cm³/mol. The molecule has 2 heterocycles. The number of ether oxygens (including phenoxy) is 3. The number of nitrogen functional groups attached to an aromatic ring is 1. The van der Waals surface area contributed by atoms with Crippen LogP contribution in [0.5, 0.6) is 11.5 Å². The van der Waals surface area contributed by atoms with Crippen LogP contribution in [0.3, 0.4) is 0 Å². The number of benzene rings is 3. The minimum Gasteiger partial charge on any atom is -0.454 e. The van der Waals surface area contributed by atoms with Crippen molar-refractivity contribution in [2.75, 3.05) is 31.3 Å². The maximum Gasteiger partial charge on any atom is 0.194 e. The lowest BCUT2D eigenvalue weighted by Gasteiger charge is -2.22. The number of allylic oxidation sites excluding steroid dienone is 1. The number of aromatic nitrogens is 2. The second-order valence-corrected chi connectivity index (χ2v) is 12.9. The van der Waals surface area contributed by atoms with Crippen molar-refractivity contribution in [2.24, 2.45) is 0 Å². The van der Waals surface area contributed by atoms with Crippen LogP contribution >= 0.6 is 0 Å². The van der Waals surface area contributed by atoms with E-state index in [0.717, 1.165) is 5.56 Å². The third-order valence-electron chi connectivity index (χ3n) is 7.52. The molecule has 1 atom stereocenters. The Labute approximate surface area is 252 Å². The highest BCUT2D eigenvalue weighted by molar-refractivity contribution is 7.90. The lowest BCUT2D eigenvalue weighted by atomic mass is 10.0. The first-order valence-corrected chi connectivity index (χ1v) is 15.7. The molecule has 0 amide bonds. The van der Waals surface area contributed by atoms with Crippen LogP contribution in [0.25, 0.3) is 11.8 Å². The zero-order valence-corrected chi connectivity index (χ0v) is 24.6. The first-order valence-electron chi connectivity index (χ1n) is 13.9. The van der Waals surface area contributed by atoms with Gasteiger partial charge in [-0.15, -0.1) is 0 Å². The molecule has 12 heteroatoms. The summed E-state index contributed by atoms with van der Waals surface area (Å²) in [5.74, 6) is -1.65. The van der Waals surface area contributed by atoms with Crippen molar-refractivity contribution in [2.45, 2.75) is 25.2 Å². The standard InChI is InChI=1S/C32H29F2N3O6S/c1-19-10-24(43-30-5-3-2-4-27(30)33)6-7-29(19)37-32(35)26(15-36-37)31(38)22-11-20-13-23(28(34)14-21(20)12-22)17-44(39,40)18-25-16-41-8-9-42-25/h2-7,10,12-15,25H,8-9,11,16-18,35H2,1H3. The minimum atomic E-state index is -3.68. The SMILES string of the molecule is Cc1cc(Oc2ccccc2F)ccc1-n1ncc(C(=O)C2=Cc3cc(F)c(CS(=O)(=O)CC4COCCO4)cc3C2)c1N. The summed E-state index contributed by atoms with van der Waals surface area (Å²) in [4.78, 5) is 13.5. The largest absolute Gasteiger partial charge is 0.454 e. The zero-order valence-electron chi connectivity index (χ0n) is 23.8. The number of aryl methyl sites for hydroxylation is 1. The van der Waals surface area contributed by atoms with Crippen LogP contribution < -0.4 is 10.5 Å². The van der Waals surface area contributed by atoms with Gasteiger partial charge in [-0.05, 0) is 66.1 Å². The number of anilines is 1. The van der Waals surface area contributed by atoms with Crippen molar-refractivity contribution < 1.29 is 36.2 Å². The van der Waals surface area contributed by atoms with Crippen molar-refractivity contribution in [3.05, 3.63) is 106 Å². The Morgan fingerprint density at radius 2 is 1.93 bits per heavy atom. The van der Waals surface area contributed by atoms with Crippen LogP contribution in [0.15, 0.2) is 66.4 Å². The molecule has 1 saturated heterocycles. The molecule has 2 aliphatic rings. The van der Waals surface area contributed by atoms with Gasteiger partial charge < -0.3 is 19.9 Å². The maximum absolute atomic E-state index is 15.0. The lowest BCUT2D eigenvalue weighted by molar-refractivity contribution is -0.0782. The summed E-state index contributed by atoms with van der Waals surface area (Å²) in [5.41, 5.74) is 9.44. The van der Waals surface area contributed by atoms with E-state index in [9.17, 15) is 22.0 Å². The van der Waals surface area contributed by atoms with Crippen molar-refractivity contribution in [3.8, 4) is 17.2 Å². The second kappa shape index (κ2) is 11.9. The number of para-hydroxylation sites is 1. The molecule has 0 saturated carbocycles. The minimum absolute atomic E-state index is 0.0350. The summed E-state index contributed by atoms with van der Waals surface area (Å²) >= 11 is 0. The summed E-state index contributed by atoms with van der Waals surface area (Å²) < 4.78 is 72.3. The molecule has 4 aromatic rings. The molecule has 1 unspecified atom stereocenters. The molecule has 2 N–H and O–H groups in total. The van der Waals surface area contributed by atoms with Gasteiger partial charge in [-0.1, -0.05) is 18.2 Å². The van der Waals surface area contributed by atoms with E-state index in [4.69, 9.17) is 19.9 Å². The number of nitrogens with two attached hydrogens (primary N) is 1. The maximum atomic E-state index is 15.0. The fourth-order valence-corrected chi connectivity index (χ4v) is 6.94. The Hall–Kier alpha value is -4.39. The smallest absolute Gasteiger partial charge is 0.194 e. The number of hydrogen-bond donors (Lipinski definition) is 1. The third kappa shape index (κ3) is 6.14. The molecular formula is C32H29F2N3O6S. The van der Waals surface area contributed by atoms with Gasteiger partial charge in [0.2, 0.25) is 0 Å². The number of carbonyl (C=O) groups excluding carboxylic acids is 1. The third-order valence-corrected chi connectivity index (χ3v) is 9.15. The molecule has 6 rings (SSSR count). The number of hydrogen-bond acceptors (Lipinski definition) is 8. The van der Waals surface area contributed by atoms with E-state index in [0.29, 0.717) is 41.4 Å². The van der Waals surface area contributed by atoms with Gasteiger partial charge in [0.25, 0.3) is 0 Å². The Kier molecular flexibility index (Phi) is 8.06. The Morgan fingerprint density at radius 3 is 2.68 bits per heavy atom. The van der Waals surface area contributed by atoms with E-state index in [2.05, 4.69) is 5.10 Å². The molecule has 9 nitrogen and oxygen atoms in total. The number of halogens is 2. The molecule has 1 fully saturated rings. The number of sulfone groups is 1. The first kappa shape index (κ1) is 29.7. The van der Waals surface area contributed by atoms with Gasteiger partial charge in [-0.25, -0.2) is 21.9 Å². The van der Waals surface area contributed by atoms with Crippen molar-refractivity contribution >= 4 is 27.5 Å². The molecule has 1 aliphatic heterocycles. The van der Waals surface area contributed by atoms with Crippen molar-refractivity contribution in [1.82, 2.24) is 9.78 Å². The molecule has 0 radical (unpaired) electrons. The summed E-state index contributed by atoms with van der Waals surface area (Å²) in [5, 5.41) is 4.33. The monoisotopic (exact) mass is 621 g/mol. The van der Waals surface area contributed by atoms with E-state index in [1.54, 1.807) is 36.4 Å². The Balaban J connectivity index is 1.17. The fourth-order valence-electron chi connectivity index (χ4n) is 5.37. The van der Waals surface area contributed by atoms with E-state index in [1.807, 2.05) is 6.92 Å². The van der Waals surface area contributed by atoms with E-state index in [1.165, 1.54) is 35.1 Å². The van der Waals surface area contributed by atoms with E-state index in [-0.39, 0.29) is 47.3 Å². The van der Waals surface area contributed by atoms with E-state index < -0.39 is 33.3 Å². The van der Waals surface area contributed by atoms with Gasteiger partial charge >= 0.3 is 0 Å². The number of carbonyl (C=O) groups is 1. The van der Waals surface area contributed by atoms with Crippen LogP contribution in [-0.2, 0) is 31.5 Å². The van der Waals surface area contributed by atoms with Crippen molar-refractivity contribution in [3.63, 3.8) is 0 Å². The Morgan fingerprint density at radius 1 is 1.11 bits per heavy atom. The molecule has 228 valence electrons.